The highest BCUT2D eigenvalue weighted by molar-refractivity contribution is 9.10. The van der Waals surface area contributed by atoms with Crippen molar-refractivity contribution in [1.29, 1.82) is 0 Å². The molecule has 0 aliphatic heterocycles. The van der Waals surface area contributed by atoms with Gasteiger partial charge in [0.15, 0.2) is 0 Å². The van der Waals surface area contributed by atoms with Gasteiger partial charge >= 0.3 is 5.69 Å². The maximum Gasteiger partial charge on any atom is 0.332 e. The number of aromatic nitrogens is 3. The van der Waals surface area contributed by atoms with E-state index < -0.39 is 0 Å². The maximum absolute atomic E-state index is 12.6. The predicted octanol–water partition coefficient (Wildman–Crippen LogP) is 3.00. The minimum absolute atomic E-state index is 0.303. The van der Waals surface area contributed by atoms with Gasteiger partial charge in [-0.3, -0.25) is 13.9 Å². The fourth-order valence-electron chi connectivity index (χ4n) is 2.52. The van der Waals surface area contributed by atoms with Gasteiger partial charge in [0.1, 0.15) is 5.65 Å². The Balaban J connectivity index is 2.13. The van der Waals surface area contributed by atoms with Crippen molar-refractivity contribution < 1.29 is 0 Å². The molecule has 3 aromatic rings. The first-order valence-corrected chi connectivity index (χ1v) is 9.10. The largest absolute Gasteiger partial charge is 0.332 e. The van der Waals surface area contributed by atoms with Crippen LogP contribution in [0.3, 0.4) is 0 Å². The molecule has 0 saturated carbocycles. The minimum Gasteiger partial charge on any atom is -0.280 e. The van der Waals surface area contributed by atoms with Crippen molar-refractivity contribution in [2.45, 2.75) is 17.6 Å². The number of halogens is 1. The van der Waals surface area contributed by atoms with Crippen LogP contribution in [0.4, 0.5) is 0 Å². The van der Waals surface area contributed by atoms with Gasteiger partial charge in [-0.15, -0.1) is 11.8 Å². The number of rotatable bonds is 3. The molecule has 0 radical (unpaired) electrons. The van der Waals surface area contributed by atoms with Gasteiger partial charge in [0.25, 0.3) is 5.56 Å². The normalized spacial score (nSPS) is 11.2. The molecule has 0 N–H and O–H groups in total. The molecule has 0 unspecified atom stereocenters. The van der Waals surface area contributed by atoms with Gasteiger partial charge < -0.3 is 0 Å². The van der Waals surface area contributed by atoms with E-state index in [1.165, 1.54) is 11.6 Å². The highest BCUT2D eigenvalue weighted by Crippen LogP contribution is 2.30. The summed E-state index contributed by atoms with van der Waals surface area (Å²) in [5, 5.41) is 0.502. The van der Waals surface area contributed by atoms with Crippen LogP contribution in [-0.4, -0.2) is 14.1 Å². The zero-order valence-electron chi connectivity index (χ0n) is 13.5. The lowest BCUT2D eigenvalue weighted by atomic mass is 10.2. The smallest absolute Gasteiger partial charge is 0.280 e. The van der Waals surface area contributed by atoms with Crippen molar-refractivity contribution in [3.63, 3.8) is 0 Å². The van der Waals surface area contributed by atoms with Crippen LogP contribution in [0.1, 0.15) is 11.1 Å². The van der Waals surface area contributed by atoms with Crippen molar-refractivity contribution in [2.24, 2.45) is 14.1 Å². The number of thioether (sulfide) groups is 1. The van der Waals surface area contributed by atoms with Gasteiger partial charge in [0.2, 0.25) is 0 Å². The number of hydrogen-bond acceptors (Lipinski definition) is 4. The molecule has 0 saturated heterocycles. The Hall–Kier alpha value is -1.86. The summed E-state index contributed by atoms with van der Waals surface area (Å²) >= 11 is 5.02. The Kier molecular flexibility index (Phi) is 4.64. The summed E-state index contributed by atoms with van der Waals surface area (Å²) in [7, 11) is 3.13. The third kappa shape index (κ3) is 2.93. The van der Waals surface area contributed by atoms with Crippen LogP contribution in [0.15, 0.2) is 49.4 Å². The molecule has 5 nitrogen and oxygen atoms in total. The third-order valence-electron chi connectivity index (χ3n) is 3.90. The lowest BCUT2D eigenvalue weighted by molar-refractivity contribution is 0.705. The Morgan fingerprint density at radius 3 is 2.46 bits per heavy atom. The van der Waals surface area contributed by atoms with Crippen LogP contribution in [0.25, 0.3) is 11.0 Å². The van der Waals surface area contributed by atoms with Gasteiger partial charge in [0, 0.05) is 35.4 Å². The first kappa shape index (κ1) is 17.0. The molecular formula is C17H16BrN3O2S. The van der Waals surface area contributed by atoms with E-state index >= 15 is 0 Å². The van der Waals surface area contributed by atoms with Gasteiger partial charge in [0.05, 0.1) is 5.39 Å². The van der Waals surface area contributed by atoms with Crippen LogP contribution < -0.4 is 11.2 Å². The average molecular weight is 406 g/mol. The second-order valence-electron chi connectivity index (χ2n) is 5.59. The summed E-state index contributed by atoms with van der Waals surface area (Å²) in [6.45, 7) is 1.93. The number of fused-ring (bicyclic) bond motifs is 1. The van der Waals surface area contributed by atoms with Crippen LogP contribution >= 0.6 is 27.7 Å². The molecule has 0 atom stereocenters. The van der Waals surface area contributed by atoms with Crippen LogP contribution in [-0.2, 0) is 19.8 Å². The molecule has 0 aliphatic carbocycles. The van der Waals surface area contributed by atoms with Crippen molar-refractivity contribution in [2.75, 3.05) is 0 Å². The van der Waals surface area contributed by atoms with Gasteiger partial charge in [-0.25, -0.2) is 9.78 Å². The molecule has 3 rings (SSSR count). The van der Waals surface area contributed by atoms with E-state index in [4.69, 9.17) is 0 Å². The summed E-state index contributed by atoms with van der Waals surface area (Å²) in [4.78, 5) is 29.9. The first-order valence-electron chi connectivity index (χ1n) is 7.32. The monoisotopic (exact) mass is 405 g/mol. The number of pyridine rings is 1. The summed E-state index contributed by atoms with van der Waals surface area (Å²) in [6, 6.07) is 8.08. The summed E-state index contributed by atoms with van der Waals surface area (Å²) in [6.07, 6.45) is 1.71. The third-order valence-corrected chi connectivity index (χ3v) is 5.72. The number of aryl methyl sites for hydroxylation is 2. The van der Waals surface area contributed by atoms with Crippen LogP contribution in [0.2, 0.25) is 0 Å². The molecule has 0 aliphatic rings. The molecule has 0 spiro atoms. The van der Waals surface area contributed by atoms with Crippen molar-refractivity contribution >= 4 is 38.7 Å². The highest BCUT2D eigenvalue weighted by atomic mass is 79.9. The molecule has 2 aromatic heterocycles. The number of benzene rings is 1. The Morgan fingerprint density at radius 1 is 1.12 bits per heavy atom. The lowest BCUT2D eigenvalue weighted by Crippen LogP contribution is -2.37. The molecule has 2 heterocycles. The fraction of sp³-hybridized carbons (Fsp3) is 0.235. The van der Waals surface area contributed by atoms with Gasteiger partial charge in [-0.2, -0.15) is 0 Å². The standard InChI is InChI=1S/C17H16BrN3O2S/c1-10-8-19-15-13(16(22)21(3)17(23)20(15)2)14(10)24-9-11-4-6-12(18)7-5-11/h4-8H,9H2,1-3H3. The second kappa shape index (κ2) is 6.57. The molecular weight excluding hydrogens is 390 g/mol. The number of nitrogens with zero attached hydrogens (tertiary/aromatic N) is 3. The van der Waals surface area contributed by atoms with Gasteiger partial charge in [-0.1, -0.05) is 28.1 Å². The fourth-order valence-corrected chi connectivity index (χ4v) is 3.89. The van der Waals surface area contributed by atoms with Crippen molar-refractivity contribution in [3.8, 4) is 0 Å². The SMILES string of the molecule is Cc1cnc2c(c1SCc1ccc(Br)cc1)c(=O)n(C)c(=O)n2C. The Bertz CT molecular complexity index is 1040. The average Bonchev–Trinajstić information content (AvgIpc) is 2.58. The maximum atomic E-state index is 12.6. The molecule has 1 aromatic carbocycles. The second-order valence-corrected chi connectivity index (χ2v) is 7.49. The van der Waals surface area contributed by atoms with Crippen LogP contribution in [0, 0.1) is 6.92 Å². The lowest BCUT2D eigenvalue weighted by Gasteiger charge is -2.12. The van der Waals surface area contributed by atoms with Crippen LogP contribution in [0.5, 0.6) is 0 Å². The summed E-state index contributed by atoms with van der Waals surface area (Å²) in [5.74, 6) is 0.735. The molecule has 0 amide bonds. The zero-order chi connectivity index (χ0) is 17.4. The van der Waals surface area contributed by atoms with E-state index in [1.54, 1.807) is 25.0 Å². The predicted molar refractivity (Wildman–Crippen MR) is 101 cm³/mol. The molecule has 0 fully saturated rings. The van der Waals surface area contributed by atoms with E-state index in [9.17, 15) is 9.59 Å². The topological polar surface area (TPSA) is 56.9 Å². The zero-order valence-corrected chi connectivity index (χ0v) is 15.9. The molecule has 7 heteroatoms. The van der Waals surface area contributed by atoms with Crippen molar-refractivity contribution in [3.05, 3.63) is 66.9 Å². The van der Waals surface area contributed by atoms with E-state index in [-0.39, 0.29) is 11.2 Å². The van der Waals surface area contributed by atoms with Gasteiger partial charge in [-0.05, 0) is 30.2 Å². The molecule has 0 bridgehead atoms. The Labute approximate surface area is 151 Å². The number of hydrogen-bond donors (Lipinski definition) is 0. The van der Waals surface area contributed by atoms with Crippen molar-refractivity contribution in [1.82, 2.24) is 14.1 Å². The summed E-state index contributed by atoms with van der Waals surface area (Å²) < 4.78 is 3.58. The van der Waals surface area contributed by atoms with E-state index in [0.29, 0.717) is 11.0 Å². The minimum atomic E-state index is -0.368. The van der Waals surface area contributed by atoms with E-state index in [0.717, 1.165) is 30.8 Å². The molecule has 124 valence electrons. The quantitative estimate of drug-likeness (QED) is 0.628. The highest BCUT2D eigenvalue weighted by Gasteiger charge is 2.16. The summed E-state index contributed by atoms with van der Waals surface area (Å²) in [5.41, 5.74) is 1.84. The van der Waals surface area contributed by atoms with E-state index in [2.05, 4.69) is 20.9 Å². The first-order chi connectivity index (χ1) is 11.4. The van der Waals surface area contributed by atoms with E-state index in [1.807, 2.05) is 31.2 Å². The molecule has 24 heavy (non-hydrogen) atoms. The Morgan fingerprint density at radius 2 is 1.79 bits per heavy atom.